The van der Waals surface area contributed by atoms with Gasteiger partial charge in [0.25, 0.3) is 0 Å². The van der Waals surface area contributed by atoms with Gasteiger partial charge in [-0.25, -0.2) is 9.97 Å². The normalized spacial score (nSPS) is 10.4. The van der Waals surface area contributed by atoms with Crippen LogP contribution in [0.15, 0.2) is 60.9 Å². The minimum absolute atomic E-state index is 0.731. The molecule has 5 heteroatoms. The van der Waals surface area contributed by atoms with Crippen LogP contribution in [0.2, 0.25) is 0 Å². The Balaban J connectivity index is 1.57. The Morgan fingerprint density at radius 2 is 1.77 bits per heavy atom. The molecule has 0 aliphatic carbocycles. The third kappa shape index (κ3) is 4.96. The largest absolute Gasteiger partial charge is 0.495 e. The number of methoxy groups -OCH3 is 1. The van der Waals surface area contributed by atoms with E-state index in [0.717, 1.165) is 48.0 Å². The van der Waals surface area contributed by atoms with Gasteiger partial charge in [0, 0.05) is 12.6 Å². The zero-order valence-electron chi connectivity index (χ0n) is 15.2. The highest BCUT2D eigenvalue weighted by atomic mass is 16.5. The fourth-order valence-electron chi connectivity index (χ4n) is 2.73. The lowest BCUT2D eigenvalue weighted by Gasteiger charge is -2.12. The smallest absolute Gasteiger partial charge is 0.142 e. The van der Waals surface area contributed by atoms with Gasteiger partial charge in [0.2, 0.25) is 0 Å². The molecule has 3 aromatic rings. The first kappa shape index (κ1) is 17.7. The molecule has 0 saturated carbocycles. The number of hydrogen-bond acceptors (Lipinski definition) is 5. The Morgan fingerprint density at radius 1 is 0.962 bits per heavy atom. The number of rotatable bonds is 8. The average Bonchev–Trinajstić information content (AvgIpc) is 2.67. The monoisotopic (exact) mass is 348 g/mol. The van der Waals surface area contributed by atoms with Crippen molar-refractivity contribution in [3.63, 3.8) is 0 Å². The molecule has 3 rings (SSSR count). The topological polar surface area (TPSA) is 59.1 Å². The van der Waals surface area contributed by atoms with Gasteiger partial charge in [-0.1, -0.05) is 36.4 Å². The molecule has 0 fully saturated rings. The van der Waals surface area contributed by atoms with Crippen molar-refractivity contribution in [3.05, 3.63) is 72.1 Å². The van der Waals surface area contributed by atoms with E-state index in [2.05, 4.69) is 44.9 Å². The Kier molecular flexibility index (Phi) is 6.04. The lowest BCUT2D eigenvalue weighted by molar-refractivity contribution is 0.416. The van der Waals surface area contributed by atoms with E-state index in [0.29, 0.717) is 0 Å². The summed E-state index contributed by atoms with van der Waals surface area (Å²) in [5, 5.41) is 6.66. The van der Waals surface area contributed by atoms with Crippen molar-refractivity contribution in [1.29, 1.82) is 0 Å². The Morgan fingerprint density at radius 3 is 2.58 bits per heavy atom. The summed E-state index contributed by atoms with van der Waals surface area (Å²) >= 11 is 0. The predicted molar refractivity (Wildman–Crippen MR) is 106 cm³/mol. The van der Waals surface area contributed by atoms with Crippen LogP contribution in [-0.4, -0.2) is 23.6 Å². The molecule has 1 heterocycles. The lowest BCUT2D eigenvalue weighted by atomic mass is 10.1. The number of aromatic nitrogens is 2. The molecule has 0 aliphatic rings. The number of benzene rings is 2. The summed E-state index contributed by atoms with van der Waals surface area (Å²) in [6, 6.07) is 18.4. The number of ether oxygens (including phenoxy) is 1. The van der Waals surface area contributed by atoms with Crippen molar-refractivity contribution < 1.29 is 4.74 Å². The van der Waals surface area contributed by atoms with E-state index >= 15 is 0 Å². The minimum atomic E-state index is 0.731. The second-order valence-electron chi connectivity index (χ2n) is 6.13. The van der Waals surface area contributed by atoms with Crippen molar-refractivity contribution in [2.75, 3.05) is 24.3 Å². The molecular formula is C21H24N4O. The molecule has 0 bridgehead atoms. The zero-order chi connectivity index (χ0) is 18.2. The first-order chi connectivity index (χ1) is 12.7. The molecule has 26 heavy (non-hydrogen) atoms. The molecule has 0 aliphatic heterocycles. The first-order valence-electron chi connectivity index (χ1n) is 8.76. The SMILES string of the molecule is COc1ccc(C)cc1Nc1cc(NCCCc2ccccc2)ncn1. The fourth-order valence-corrected chi connectivity index (χ4v) is 2.73. The Hall–Kier alpha value is -3.08. The summed E-state index contributed by atoms with van der Waals surface area (Å²) in [7, 11) is 1.66. The maximum Gasteiger partial charge on any atom is 0.142 e. The van der Waals surface area contributed by atoms with Gasteiger partial charge in [-0.15, -0.1) is 0 Å². The van der Waals surface area contributed by atoms with Crippen molar-refractivity contribution >= 4 is 17.3 Å². The Labute approximate surface area is 154 Å². The van der Waals surface area contributed by atoms with Crippen molar-refractivity contribution in [1.82, 2.24) is 9.97 Å². The van der Waals surface area contributed by atoms with Gasteiger partial charge in [-0.05, 0) is 43.0 Å². The number of nitrogens with one attached hydrogen (secondary N) is 2. The summed E-state index contributed by atoms with van der Waals surface area (Å²) < 4.78 is 5.40. The van der Waals surface area contributed by atoms with Gasteiger partial charge in [-0.3, -0.25) is 0 Å². The first-order valence-corrected chi connectivity index (χ1v) is 8.76. The maximum absolute atomic E-state index is 5.40. The molecule has 0 saturated heterocycles. The van der Waals surface area contributed by atoms with Crippen LogP contribution in [-0.2, 0) is 6.42 Å². The van der Waals surface area contributed by atoms with E-state index < -0.39 is 0 Å². The van der Waals surface area contributed by atoms with Crippen LogP contribution in [0, 0.1) is 6.92 Å². The fraction of sp³-hybridized carbons (Fsp3) is 0.238. The van der Waals surface area contributed by atoms with Crippen molar-refractivity contribution in [2.45, 2.75) is 19.8 Å². The second-order valence-corrected chi connectivity index (χ2v) is 6.13. The number of aryl methyl sites for hydroxylation is 2. The van der Waals surface area contributed by atoms with Gasteiger partial charge in [0.05, 0.1) is 12.8 Å². The highest BCUT2D eigenvalue weighted by molar-refractivity contribution is 5.66. The van der Waals surface area contributed by atoms with E-state index in [1.807, 2.05) is 37.3 Å². The summed E-state index contributed by atoms with van der Waals surface area (Å²) in [4.78, 5) is 8.59. The molecule has 0 amide bonds. The summed E-state index contributed by atoms with van der Waals surface area (Å²) in [6.45, 7) is 2.91. The van der Waals surface area contributed by atoms with Crippen LogP contribution in [0.25, 0.3) is 0 Å². The molecule has 0 spiro atoms. The van der Waals surface area contributed by atoms with E-state index in [1.54, 1.807) is 13.4 Å². The zero-order valence-corrected chi connectivity index (χ0v) is 15.2. The van der Waals surface area contributed by atoms with Crippen molar-refractivity contribution in [2.24, 2.45) is 0 Å². The molecule has 2 aromatic carbocycles. The molecule has 5 nitrogen and oxygen atoms in total. The predicted octanol–water partition coefficient (Wildman–Crippen LogP) is 4.58. The highest BCUT2D eigenvalue weighted by Gasteiger charge is 2.05. The third-order valence-electron chi connectivity index (χ3n) is 4.08. The number of nitrogens with zero attached hydrogens (tertiary/aromatic N) is 2. The van der Waals surface area contributed by atoms with Gasteiger partial charge in [0.15, 0.2) is 0 Å². The van der Waals surface area contributed by atoms with E-state index in [1.165, 1.54) is 5.56 Å². The summed E-state index contributed by atoms with van der Waals surface area (Å²) in [5.74, 6) is 2.32. The van der Waals surface area contributed by atoms with E-state index in [9.17, 15) is 0 Å². The average molecular weight is 348 g/mol. The molecule has 0 unspecified atom stereocenters. The van der Waals surface area contributed by atoms with Crippen LogP contribution in [0.4, 0.5) is 17.3 Å². The second kappa shape index (κ2) is 8.85. The van der Waals surface area contributed by atoms with Crippen LogP contribution in [0.3, 0.4) is 0 Å². The van der Waals surface area contributed by atoms with E-state index in [-0.39, 0.29) is 0 Å². The molecule has 0 radical (unpaired) electrons. The Bertz CT molecular complexity index is 836. The van der Waals surface area contributed by atoms with Gasteiger partial charge < -0.3 is 15.4 Å². The van der Waals surface area contributed by atoms with Crippen LogP contribution < -0.4 is 15.4 Å². The molecular weight excluding hydrogens is 324 g/mol. The van der Waals surface area contributed by atoms with Crippen LogP contribution >= 0.6 is 0 Å². The third-order valence-corrected chi connectivity index (χ3v) is 4.08. The van der Waals surface area contributed by atoms with Crippen LogP contribution in [0.1, 0.15) is 17.5 Å². The number of anilines is 3. The number of hydrogen-bond donors (Lipinski definition) is 2. The van der Waals surface area contributed by atoms with Crippen LogP contribution in [0.5, 0.6) is 5.75 Å². The summed E-state index contributed by atoms with van der Waals surface area (Å²) in [6.07, 6.45) is 3.65. The standard InChI is InChI=1S/C21H24N4O/c1-16-10-11-19(26-2)18(13-16)25-21-14-20(23-15-24-21)22-12-6-9-17-7-4-3-5-8-17/h3-5,7-8,10-11,13-15H,6,9,12H2,1-2H3,(H2,22,23,24,25). The van der Waals surface area contributed by atoms with Gasteiger partial charge in [0.1, 0.15) is 23.7 Å². The van der Waals surface area contributed by atoms with Gasteiger partial charge >= 0.3 is 0 Å². The van der Waals surface area contributed by atoms with Gasteiger partial charge in [-0.2, -0.15) is 0 Å². The molecule has 0 atom stereocenters. The van der Waals surface area contributed by atoms with Crippen molar-refractivity contribution in [3.8, 4) is 5.75 Å². The maximum atomic E-state index is 5.40. The minimum Gasteiger partial charge on any atom is -0.495 e. The lowest BCUT2D eigenvalue weighted by Crippen LogP contribution is -2.06. The molecule has 1 aromatic heterocycles. The van der Waals surface area contributed by atoms with E-state index in [4.69, 9.17) is 4.74 Å². The quantitative estimate of drug-likeness (QED) is 0.584. The molecule has 2 N–H and O–H groups in total. The highest BCUT2D eigenvalue weighted by Crippen LogP contribution is 2.28. The summed E-state index contributed by atoms with van der Waals surface area (Å²) in [5.41, 5.74) is 3.40. The molecule has 134 valence electrons.